The van der Waals surface area contributed by atoms with E-state index in [0.717, 1.165) is 0 Å². The van der Waals surface area contributed by atoms with Gasteiger partial charge in [-0.3, -0.25) is 4.79 Å². The molecule has 1 amide bonds. The number of amides is 1. The molecule has 0 saturated carbocycles. The summed E-state index contributed by atoms with van der Waals surface area (Å²) < 4.78 is 5.09. The molecule has 0 aromatic heterocycles. The second kappa shape index (κ2) is 2.98. The van der Waals surface area contributed by atoms with E-state index >= 15 is 0 Å². The number of hydrogen-bond acceptors (Lipinski definition) is 3. The van der Waals surface area contributed by atoms with Crippen molar-refractivity contribution >= 4 is 5.91 Å². The van der Waals surface area contributed by atoms with E-state index < -0.39 is 6.10 Å². The van der Waals surface area contributed by atoms with E-state index in [1.54, 1.807) is 6.92 Å². The third-order valence-electron chi connectivity index (χ3n) is 1.47. The SMILES string of the molecule is C[C@H]1O[C@H](CO)CNC1=O. The van der Waals surface area contributed by atoms with Crippen molar-refractivity contribution in [1.29, 1.82) is 0 Å². The van der Waals surface area contributed by atoms with Gasteiger partial charge in [-0.05, 0) is 6.92 Å². The van der Waals surface area contributed by atoms with E-state index in [2.05, 4.69) is 5.32 Å². The first-order valence-electron chi connectivity index (χ1n) is 3.28. The summed E-state index contributed by atoms with van der Waals surface area (Å²) in [5, 5.41) is 11.2. The second-order valence-corrected chi connectivity index (χ2v) is 2.33. The van der Waals surface area contributed by atoms with Gasteiger partial charge in [0.15, 0.2) is 0 Å². The van der Waals surface area contributed by atoms with Gasteiger partial charge in [-0.2, -0.15) is 0 Å². The van der Waals surface area contributed by atoms with Gasteiger partial charge >= 0.3 is 0 Å². The average molecular weight is 145 g/mol. The molecule has 1 rings (SSSR count). The average Bonchev–Trinajstić information content (AvgIpc) is 1.95. The predicted molar refractivity (Wildman–Crippen MR) is 34.4 cm³/mol. The molecule has 1 heterocycles. The van der Waals surface area contributed by atoms with Crippen LogP contribution in [0.1, 0.15) is 6.92 Å². The first kappa shape index (κ1) is 7.50. The van der Waals surface area contributed by atoms with Crippen LogP contribution in [0.4, 0.5) is 0 Å². The molecular weight excluding hydrogens is 134 g/mol. The molecule has 4 heteroatoms. The van der Waals surface area contributed by atoms with Crippen molar-refractivity contribution in [2.24, 2.45) is 0 Å². The maximum absolute atomic E-state index is 10.7. The van der Waals surface area contributed by atoms with Crippen molar-refractivity contribution in [3.05, 3.63) is 0 Å². The van der Waals surface area contributed by atoms with Crippen molar-refractivity contribution in [3.63, 3.8) is 0 Å². The van der Waals surface area contributed by atoms with Crippen molar-refractivity contribution in [2.45, 2.75) is 19.1 Å². The minimum absolute atomic E-state index is 0.0371. The van der Waals surface area contributed by atoms with Gasteiger partial charge in [0.1, 0.15) is 6.10 Å². The topological polar surface area (TPSA) is 58.6 Å². The molecule has 0 aliphatic carbocycles. The lowest BCUT2D eigenvalue weighted by Gasteiger charge is -2.26. The van der Waals surface area contributed by atoms with E-state index in [4.69, 9.17) is 9.84 Å². The lowest BCUT2D eigenvalue weighted by atomic mass is 10.2. The molecule has 0 bridgehead atoms. The molecule has 0 unspecified atom stereocenters. The van der Waals surface area contributed by atoms with Crippen molar-refractivity contribution in [2.75, 3.05) is 13.2 Å². The fraction of sp³-hybridized carbons (Fsp3) is 0.833. The van der Waals surface area contributed by atoms with E-state index in [1.807, 2.05) is 0 Å². The number of carbonyl (C=O) groups excluding carboxylic acids is 1. The Hall–Kier alpha value is -0.610. The van der Waals surface area contributed by atoms with Crippen LogP contribution in [0.15, 0.2) is 0 Å². The molecule has 1 aliphatic heterocycles. The van der Waals surface area contributed by atoms with Gasteiger partial charge in [0, 0.05) is 6.54 Å². The first-order valence-corrected chi connectivity index (χ1v) is 3.28. The zero-order valence-electron chi connectivity index (χ0n) is 5.83. The van der Waals surface area contributed by atoms with Crippen LogP contribution >= 0.6 is 0 Å². The molecule has 0 spiro atoms. The molecule has 2 N–H and O–H groups in total. The lowest BCUT2D eigenvalue weighted by Crippen LogP contribution is -2.49. The van der Waals surface area contributed by atoms with Crippen molar-refractivity contribution in [1.82, 2.24) is 5.32 Å². The fourth-order valence-electron chi connectivity index (χ4n) is 0.864. The van der Waals surface area contributed by atoms with Gasteiger partial charge in [0.05, 0.1) is 12.7 Å². The maximum Gasteiger partial charge on any atom is 0.248 e. The smallest absolute Gasteiger partial charge is 0.248 e. The maximum atomic E-state index is 10.7. The minimum atomic E-state index is -0.425. The summed E-state index contributed by atoms with van der Waals surface area (Å²) in [4.78, 5) is 10.7. The molecule has 1 aliphatic rings. The zero-order chi connectivity index (χ0) is 7.56. The summed E-state index contributed by atoms with van der Waals surface area (Å²) in [6, 6.07) is 0. The first-order chi connectivity index (χ1) is 4.74. The van der Waals surface area contributed by atoms with Gasteiger partial charge in [0.25, 0.3) is 0 Å². The Labute approximate surface area is 59.2 Å². The van der Waals surface area contributed by atoms with E-state index in [-0.39, 0.29) is 18.6 Å². The van der Waals surface area contributed by atoms with Crippen LogP contribution in [0.2, 0.25) is 0 Å². The standard InChI is InChI=1S/C6H11NO3/c1-4-6(9)7-2-5(3-8)10-4/h4-5,8H,2-3H2,1H3,(H,7,9)/t4-,5+/m1/s1. The van der Waals surface area contributed by atoms with Crippen molar-refractivity contribution < 1.29 is 14.6 Å². The molecule has 1 fully saturated rings. The summed E-state index contributed by atoms with van der Waals surface area (Å²) in [7, 11) is 0. The van der Waals surface area contributed by atoms with E-state index in [1.165, 1.54) is 0 Å². The number of aliphatic hydroxyl groups is 1. The molecule has 4 nitrogen and oxygen atoms in total. The number of aliphatic hydroxyl groups excluding tert-OH is 1. The lowest BCUT2D eigenvalue weighted by molar-refractivity contribution is -0.144. The van der Waals surface area contributed by atoms with Crippen LogP contribution in [-0.4, -0.2) is 36.4 Å². The highest BCUT2D eigenvalue weighted by Gasteiger charge is 2.24. The molecular formula is C6H11NO3. The Bertz CT molecular complexity index is 137. The summed E-state index contributed by atoms with van der Waals surface area (Å²) in [5.41, 5.74) is 0. The third kappa shape index (κ3) is 1.46. The van der Waals surface area contributed by atoms with Gasteiger partial charge in [-0.25, -0.2) is 0 Å². The molecule has 2 atom stereocenters. The largest absolute Gasteiger partial charge is 0.394 e. The van der Waals surface area contributed by atoms with Crippen LogP contribution in [0, 0.1) is 0 Å². The van der Waals surface area contributed by atoms with E-state index in [9.17, 15) is 4.79 Å². The van der Waals surface area contributed by atoms with Crippen LogP contribution < -0.4 is 5.32 Å². The van der Waals surface area contributed by atoms with E-state index in [0.29, 0.717) is 6.54 Å². The summed E-state index contributed by atoms with van der Waals surface area (Å²) in [6.45, 7) is 2.04. The zero-order valence-corrected chi connectivity index (χ0v) is 5.83. The third-order valence-corrected chi connectivity index (χ3v) is 1.47. The summed E-state index contributed by atoms with van der Waals surface area (Å²) in [5.74, 6) is -0.107. The number of ether oxygens (including phenoxy) is 1. The predicted octanol–water partition coefficient (Wildman–Crippen LogP) is -1.12. The van der Waals surface area contributed by atoms with Gasteiger partial charge in [-0.1, -0.05) is 0 Å². The molecule has 58 valence electrons. The Morgan fingerprint density at radius 1 is 1.90 bits per heavy atom. The number of hydrogen-bond donors (Lipinski definition) is 2. The van der Waals surface area contributed by atoms with Crippen LogP contribution in [-0.2, 0) is 9.53 Å². The number of nitrogens with one attached hydrogen (secondary N) is 1. The summed E-state index contributed by atoms with van der Waals surface area (Å²) >= 11 is 0. The van der Waals surface area contributed by atoms with Crippen molar-refractivity contribution in [3.8, 4) is 0 Å². The molecule has 1 saturated heterocycles. The Balaban J connectivity index is 2.40. The molecule has 10 heavy (non-hydrogen) atoms. The Morgan fingerprint density at radius 2 is 2.60 bits per heavy atom. The molecule has 0 aromatic rings. The molecule has 0 aromatic carbocycles. The Kier molecular flexibility index (Phi) is 2.24. The summed E-state index contributed by atoms with van der Waals surface area (Å²) in [6.07, 6.45) is -0.654. The van der Waals surface area contributed by atoms with Crippen LogP contribution in [0.5, 0.6) is 0 Å². The van der Waals surface area contributed by atoms with Gasteiger partial charge < -0.3 is 15.2 Å². The minimum Gasteiger partial charge on any atom is -0.394 e. The molecule has 0 radical (unpaired) electrons. The highest BCUT2D eigenvalue weighted by atomic mass is 16.5. The fourth-order valence-corrected chi connectivity index (χ4v) is 0.864. The monoisotopic (exact) mass is 145 g/mol. The van der Waals surface area contributed by atoms with Crippen LogP contribution in [0.3, 0.4) is 0 Å². The highest BCUT2D eigenvalue weighted by Crippen LogP contribution is 2.02. The number of rotatable bonds is 1. The second-order valence-electron chi connectivity index (χ2n) is 2.33. The quantitative estimate of drug-likeness (QED) is 0.491. The number of carbonyl (C=O) groups is 1. The number of morpholine rings is 1. The van der Waals surface area contributed by atoms with Gasteiger partial charge in [-0.15, -0.1) is 0 Å². The normalized spacial score (nSPS) is 33.6. The highest BCUT2D eigenvalue weighted by molar-refractivity contribution is 5.80. The Morgan fingerprint density at radius 3 is 3.10 bits per heavy atom. The van der Waals surface area contributed by atoms with Crippen LogP contribution in [0.25, 0.3) is 0 Å². The van der Waals surface area contributed by atoms with Gasteiger partial charge in [0.2, 0.25) is 5.91 Å².